The molecule has 3 heterocycles. The van der Waals surface area contributed by atoms with E-state index in [-0.39, 0.29) is 11.1 Å². The van der Waals surface area contributed by atoms with E-state index in [0.717, 1.165) is 22.3 Å². The lowest BCUT2D eigenvalue weighted by Crippen LogP contribution is -2.25. The van der Waals surface area contributed by atoms with Gasteiger partial charge in [-0.3, -0.25) is 14.0 Å². The van der Waals surface area contributed by atoms with E-state index in [9.17, 15) is 9.59 Å². The highest BCUT2D eigenvalue weighted by molar-refractivity contribution is 7.15. The number of aryl methyl sites for hydroxylation is 2. The van der Waals surface area contributed by atoms with Gasteiger partial charge in [-0.2, -0.15) is 0 Å². The lowest BCUT2D eigenvalue weighted by Gasteiger charge is -2.05. The van der Waals surface area contributed by atoms with Gasteiger partial charge in [-0.1, -0.05) is 0 Å². The maximum atomic E-state index is 12.4. The van der Waals surface area contributed by atoms with Gasteiger partial charge < -0.3 is 9.73 Å². The van der Waals surface area contributed by atoms with Crippen molar-refractivity contribution < 1.29 is 9.21 Å². The van der Waals surface area contributed by atoms with E-state index in [0.29, 0.717) is 10.6 Å². The fourth-order valence-corrected chi connectivity index (χ4v) is 3.27. The van der Waals surface area contributed by atoms with Crippen LogP contribution in [0.2, 0.25) is 0 Å². The zero-order chi connectivity index (χ0) is 16.8. The number of anilines is 1. The molecule has 1 aromatic carbocycles. The summed E-state index contributed by atoms with van der Waals surface area (Å²) in [6.07, 6.45) is 2.92. The summed E-state index contributed by atoms with van der Waals surface area (Å²) in [6, 6.07) is 5.39. The molecule has 0 aliphatic carbocycles. The second-order valence-corrected chi connectivity index (χ2v) is 6.35. The van der Waals surface area contributed by atoms with E-state index in [1.165, 1.54) is 21.9 Å². The van der Waals surface area contributed by atoms with Gasteiger partial charge in [0.25, 0.3) is 11.5 Å². The molecule has 120 valence electrons. The highest BCUT2D eigenvalue weighted by Gasteiger charge is 2.15. The Labute approximate surface area is 140 Å². The number of amides is 1. The number of nitrogens with one attached hydrogen (secondary N) is 1. The zero-order valence-corrected chi connectivity index (χ0v) is 13.8. The molecular weight excluding hydrogens is 326 g/mol. The number of benzene rings is 1. The van der Waals surface area contributed by atoms with Gasteiger partial charge in [0.2, 0.25) is 0 Å². The third kappa shape index (κ3) is 2.21. The molecule has 0 aliphatic heterocycles. The van der Waals surface area contributed by atoms with Gasteiger partial charge in [-0.15, -0.1) is 11.3 Å². The van der Waals surface area contributed by atoms with Crippen LogP contribution in [0.3, 0.4) is 0 Å². The Morgan fingerprint density at radius 1 is 1.33 bits per heavy atom. The molecule has 6 nitrogen and oxygen atoms in total. The molecule has 0 bridgehead atoms. The molecule has 4 rings (SSSR count). The molecule has 3 aromatic heterocycles. The molecular formula is C17H13N3O3S. The number of hydrogen-bond donors (Lipinski definition) is 1. The number of rotatable bonds is 2. The highest BCUT2D eigenvalue weighted by atomic mass is 32.1. The first-order valence-corrected chi connectivity index (χ1v) is 8.18. The molecule has 0 aliphatic rings. The van der Waals surface area contributed by atoms with Crippen LogP contribution in [0.4, 0.5) is 5.69 Å². The second-order valence-electron chi connectivity index (χ2n) is 5.48. The van der Waals surface area contributed by atoms with Crippen LogP contribution in [0.1, 0.15) is 21.7 Å². The van der Waals surface area contributed by atoms with Crippen LogP contribution in [0.15, 0.2) is 45.2 Å². The fraction of sp³-hybridized carbons (Fsp3) is 0.118. The first-order valence-electron chi connectivity index (χ1n) is 7.30. The molecule has 4 aromatic rings. The van der Waals surface area contributed by atoms with Crippen LogP contribution < -0.4 is 10.9 Å². The average Bonchev–Trinajstić information content (AvgIpc) is 3.14. The maximum absolute atomic E-state index is 12.4. The summed E-state index contributed by atoms with van der Waals surface area (Å²) in [7, 11) is 0. The number of furan rings is 1. The summed E-state index contributed by atoms with van der Waals surface area (Å²) >= 11 is 1.34. The number of aromatic nitrogens is 2. The lowest BCUT2D eigenvalue weighted by molar-refractivity contribution is 0.102. The quantitative estimate of drug-likeness (QED) is 0.607. The Morgan fingerprint density at radius 2 is 2.17 bits per heavy atom. The van der Waals surface area contributed by atoms with Crippen LogP contribution in [0.25, 0.3) is 15.9 Å². The molecule has 0 atom stereocenters. The van der Waals surface area contributed by atoms with Crippen molar-refractivity contribution in [3.8, 4) is 0 Å². The first kappa shape index (κ1) is 14.6. The molecule has 1 N–H and O–H groups in total. The Hall–Kier alpha value is -2.93. The second kappa shape index (κ2) is 5.31. The average molecular weight is 339 g/mol. The van der Waals surface area contributed by atoms with Crippen LogP contribution in [-0.4, -0.2) is 15.3 Å². The molecule has 0 radical (unpaired) electrons. The number of fused-ring (bicyclic) bond motifs is 2. The van der Waals surface area contributed by atoms with E-state index < -0.39 is 5.91 Å². The molecule has 0 fully saturated rings. The van der Waals surface area contributed by atoms with Gasteiger partial charge >= 0.3 is 0 Å². The third-order valence-corrected chi connectivity index (χ3v) is 4.79. The molecule has 24 heavy (non-hydrogen) atoms. The van der Waals surface area contributed by atoms with Crippen LogP contribution in [0, 0.1) is 13.8 Å². The standard InChI is InChI=1S/C17H13N3O3S/c1-9-10(2)23-14-4-3-11(7-12(9)14)19-15(21)13-8-18-17-20(16(13)22)5-6-24-17/h3-8H,1-2H3,(H,19,21). The Kier molecular flexibility index (Phi) is 3.24. The Morgan fingerprint density at radius 3 is 3.00 bits per heavy atom. The van der Waals surface area contributed by atoms with Crippen molar-refractivity contribution in [2.75, 3.05) is 5.32 Å². The van der Waals surface area contributed by atoms with E-state index in [1.54, 1.807) is 23.7 Å². The predicted molar refractivity (Wildman–Crippen MR) is 93.0 cm³/mol. The van der Waals surface area contributed by atoms with Crippen molar-refractivity contribution in [3.63, 3.8) is 0 Å². The summed E-state index contributed by atoms with van der Waals surface area (Å²) in [5.41, 5.74) is 2.03. The zero-order valence-electron chi connectivity index (χ0n) is 13.0. The molecule has 1 amide bonds. The van der Waals surface area contributed by atoms with Gasteiger partial charge in [0.1, 0.15) is 16.9 Å². The number of carbonyl (C=O) groups excluding carboxylic acids is 1. The molecule has 0 spiro atoms. The fourth-order valence-electron chi connectivity index (χ4n) is 2.60. The van der Waals surface area contributed by atoms with Crippen LogP contribution in [0.5, 0.6) is 0 Å². The van der Waals surface area contributed by atoms with Crippen LogP contribution in [-0.2, 0) is 0 Å². The van der Waals surface area contributed by atoms with Crippen molar-refractivity contribution in [1.29, 1.82) is 0 Å². The lowest BCUT2D eigenvalue weighted by atomic mass is 10.1. The monoisotopic (exact) mass is 339 g/mol. The van der Waals surface area contributed by atoms with E-state index in [1.807, 2.05) is 19.9 Å². The SMILES string of the molecule is Cc1oc2ccc(NC(=O)c3cnc4sccn4c3=O)cc2c1C. The summed E-state index contributed by atoms with van der Waals surface area (Å²) in [5.74, 6) is 0.365. The van der Waals surface area contributed by atoms with Gasteiger partial charge in [0.15, 0.2) is 4.96 Å². The maximum Gasteiger partial charge on any atom is 0.271 e. The van der Waals surface area contributed by atoms with Crippen molar-refractivity contribution in [2.24, 2.45) is 0 Å². The normalized spacial score (nSPS) is 11.2. The van der Waals surface area contributed by atoms with Crippen LogP contribution >= 0.6 is 11.3 Å². The number of carbonyl (C=O) groups is 1. The molecule has 0 saturated carbocycles. The molecule has 7 heteroatoms. The van der Waals surface area contributed by atoms with E-state index in [2.05, 4.69) is 10.3 Å². The smallest absolute Gasteiger partial charge is 0.271 e. The van der Waals surface area contributed by atoms with Gasteiger partial charge in [0, 0.05) is 28.8 Å². The molecule has 0 unspecified atom stereocenters. The number of thiazole rings is 1. The Bertz CT molecular complexity index is 1150. The number of nitrogens with zero attached hydrogens (tertiary/aromatic N) is 2. The summed E-state index contributed by atoms with van der Waals surface area (Å²) in [6.45, 7) is 3.86. The van der Waals surface area contributed by atoms with Crippen molar-refractivity contribution >= 4 is 38.9 Å². The molecule has 0 saturated heterocycles. The van der Waals surface area contributed by atoms with Crippen molar-refractivity contribution in [2.45, 2.75) is 13.8 Å². The van der Waals surface area contributed by atoms with Gasteiger partial charge in [-0.25, -0.2) is 4.98 Å². The van der Waals surface area contributed by atoms with E-state index >= 15 is 0 Å². The summed E-state index contributed by atoms with van der Waals surface area (Å²) < 4.78 is 6.99. The largest absolute Gasteiger partial charge is 0.461 e. The van der Waals surface area contributed by atoms with Gasteiger partial charge in [-0.05, 0) is 37.6 Å². The van der Waals surface area contributed by atoms with Gasteiger partial charge in [0.05, 0.1) is 0 Å². The summed E-state index contributed by atoms with van der Waals surface area (Å²) in [4.78, 5) is 29.5. The highest BCUT2D eigenvalue weighted by Crippen LogP contribution is 2.27. The predicted octanol–water partition coefficient (Wildman–Crippen LogP) is 3.37. The summed E-state index contributed by atoms with van der Waals surface area (Å²) in [5, 5.41) is 5.45. The van der Waals surface area contributed by atoms with E-state index in [4.69, 9.17) is 4.42 Å². The van der Waals surface area contributed by atoms with Crippen molar-refractivity contribution in [1.82, 2.24) is 9.38 Å². The topological polar surface area (TPSA) is 76.6 Å². The first-order chi connectivity index (χ1) is 11.5. The minimum absolute atomic E-state index is 0.00564. The minimum Gasteiger partial charge on any atom is -0.461 e. The minimum atomic E-state index is -0.481. The Balaban J connectivity index is 1.71. The van der Waals surface area contributed by atoms with Crippen molar-refractivity contribution in [3.05, 3.63) is 63.2 Å². The number of hydrogen-bond acceptors (Lipinski definition) is 5. The third-order valence-electron chi connectivity index (χ3n) is 4.02.